The van der Waals surface area contributed by atoms with Crippen molar-refractivity contribution >= 4 is 21.9 Å². The fraction of sp³-hybridized carbons (Fsp3) is 0.417. The van der Waals surface area contributed by atoms with Gasteiger partial charge in [-0.2, -0.15) is 0 Å². The van der Waals surface area contributed by atoms with Gasteiger partial charge in [0.15, 0.2) is 0 Å². The van der Waals surface area contributed by atoms with Gasteiger partial charge in [-0.15, -0.1) is 0 Å². The minimum atomic E-state index is -0.877. The number of benzene rings is 1. The Morgan fingerprint density at radius 1 is 1.59 bits per heavy atom. The second kappa shape index (κ2) is 6.12. The van der Waals surface area contributed by atoms with E-state index in [0.717, 1.165) is 5.56 Å². The molecule has 0 fully saturated rings. The Morgan fingerprint density at radius 3 is 2.76 bits per heavy atom. The summed E-state index contributed by atoms with van der Waals surface area (Å²) >= 11 is 3.14. The van der Waals surface area contributed by atoms with Crippen LogP contribution in [-0.2, 0) is 11.2 Å². The number of halogens is 2. The van der Waals surface area contributed by atoms with Gasteiger partial charge in [0.25, 0.3) is 0 Å². The number of rotatable bonds is 5. The third-order valence-electron chi connectivity index (χ3n) is 2.60. The van der Waals surface area contributed by atoms with E-state index in [1.807, 2.05) is 6.92 Å². The van der Waals surface area contributed by atoms with Gasteiger partial charge >= 0.3 is 5.97 Å². The van der Waals surface area contributed by atoms with E-state index in [-0.39, 0.29) is 18.3 Å². The van der Waals surface area contributed by atoms with Gasteiger partial charge in [0.1, 0.15) is 5.82 Å². The van der Waals surface area contributed by atoms with Crippen molar-refractivity contribution in [1.29, 1.82) is 0 Å². The molecular weight excluding hydrogens is 289 g/mol. The van der Waals surface area contributed by atoms with Crippen LogP contribution in [0.3, 0.4) is 0 Å². The maximum atomic E-state index is 13.6. The van der Waals surface area contributed by atoms with Crippen LogP contribution in [0.4, 0.5) is 4.39 Å². The standard InChI is InChI=1S/C12H15BrFNO2/c1-2-7-5-8(6-9(13)12(7)14)10(15)3-4-11(16)17/h5-6,10H,2-4,15H2,1H3,(H,16,17). The topological polar surface area (TPSA) is 63.3 Å². The van der Waals surface area contributed by atoms with Crippen LogP contribution < -0.4 is 5.73 Å². The van der Waals surface area contributed by atoms with Gasteiger partial charge in [-0.1, -0.05) is 13.0 Å². The van der Waals surface area contributed by atoms with Crippen LogP contribution in [0.25, 0.3) is 0 Å². The largest absolute Gasteiger partial charge is 0.481 e. The zero-order valence-corrected chi connectivity index (χ0v) is 11.1. The minimum absolute atomic E-state index is 0.0115. The highest BCUT2D eigenvalue weighted by molar-refractivity contribution is 9.10. The average molecular weight is 304 g/mol. The molecule has 0 aliphatic carbocycles. The Balaban J connectivity index is 2.90. The predicted molar refractivity (Wildman–Crippen MR) is 67.3 cm³/mol. The van der Waals surface area contributed by atoms with Gasteiger partial charge in [-0.05, 0) is 46.0 Å². The number of hydrogen-bond donors (Lipinski definition) is 2. The van der Waals surface area contributed by atoms with Crippen LogP contribution in [0.15, 0.2) is 16.6 Å². The average Bonchev–Trinajstić information content (AvgIpc) is 2.29. The predicted octanol–water partition coefficient (Wildman–Crippen LogP) is 3.02. The minimum Gasteiger partial charge on any atom is -0.481 e. The molecule has 3 nitrogen and oxygen atoms in total. The van der Waals surface area contributed by atoms with Crippen molar-refractivity contribution in [2.75, 3.05) is 0 Å². The van der Waals surface area contributed by atoms with Crippen LogP contribution in [0.2, 0.25) is 0 Å². The summed E-state index contributed by atoms with van der Waals surface area (Å²) in [5.74, 6) is -1.15. The number of hydrogen-bond acceptors (Lipinski definition) is 2. The maximum absolute atomic E-state index is 13.6. The van der Waals surface area contributed by atoms with E-state index in [0.29, 0.717) is 22.9 Å². The van der Waals surface area contributed by atoms with E-state index < -0.39 is 5.97 Å². The lowest BCUT2D eigenvalue weighted by molar-refractivity contribution is -0.137. The van der Waals surface area contributed by atoms with E-state index in [4.69, 9.17) is 10.8 Å². The Kier molecular flexibility index (Phi) is 5.08. The second-order valence-corrected chi connectivity index (χ2v) is 4.72. The lowest BCUT2D eigenvalue weighted by Crippen LogP contribution is -2.13. The molecule has 94 valence electrons. The van der Waals surface area contributed by atoms with Crippen LogP contribution >= 0.6 is 15.9 Å². The molecule has 1 aromatic carbocycles. The van der Waals surface area contributed by atoms with Crippen LogP contribution in [0.1, 0.15) is 36.9 Å². The van der Waals surface area contributed by atoms with Crippen LogP contribution in [0, 0.1) is 5.82 Å². The van der Waals surface area contributed by atoms with Crippen molar-refractivity contribution in [1.82, 2.24) is 0 Å². The van der Waals surface area contributed by atoms with Crippen molar-refractivity contribution < 1.29 is 14.3 Å². The first-order valence-corrected chi connectivity index (χ1v) is 6.20. The first-order chi connectivity index (χ1) is 7.95. The highest BCUT2D eigenvalue weighted by Crippen LogP contribution is 2.26. The van der Waals surface area contributed by atoms with Gasteiger partial charge < -0.3 is 10.8 Å². The maximum Gasteiger partial charge on any atom is 0.303 e. The lowest BCUT2D eigenvalue weighted by atomic mass is 9.99. The fourth-order valence-electron chi connectivity index (χ4n) is 1.59. The zero-order chi connectivity index (χ0) is 13.0. The number of carboxylic acids is 1. The Labute approximate surface area is 108 Å². The van der Waals surface area contributed by atoms with E-state index in [9.17, 15) is 9.18 Å². The SMILES string of the molecule is CCc1cc(C(N)CCC(=O)O)cc(Br)c1F. The normalized spacial score (nSPS) is 12.5. The van der Waals surface area contributed by atoms with Gasteiger partial charge in [0.2, 0.25) is 0 Å². The molecule has 0 spiro atoms. The van der Waals surface area contributed by atoms with Crippen molar-refractivity contribution in [3.63, 3.8) is 0 Å². The summed E-state index contributed by atoms with van der Waals surface area (Å²) in [7, 11) is 0. The highest BCUT2D eigenvalue weighted by atomic mass is 79.9. The van der Waals surface area contributed by atoms with Crippen molar-refractivity contribution in [2.24, 2.45) is 5.73 Å². The summed E-state index contributed by atoms with van der Waals surface area (Å²) in [6.07, 6.45) is 0.929. The molecule has 1 rings (SSSR count). The third-order valence-corrected chi connectivity index (χ3v) is 3.18. The highest BCUT2D eigenvalue weighted by Gasteiger charge is 2.13. The number of carbonyl (C=O) groups is 1. The summed E-state index contributed by atoms with van der Waals surface area (Å²) in [5.41, 5.74) is 7.22. The van der Waals surface area contributed by atoms with Gasteiger partial charge in [-0.25, -0.2) is 4.39 Å². The molecule has 1 aromatic rings. The summed E-state index contributed by atoms with van der Waals surface area (Å²) < 4.78 is 14.0. The molecule has 1 unspecified atom stereocenters. The molecule has 0 amide bonds. The van der Waals surface area contributed by atoms with E-state index >= 15 is 0 Å². The molecule has 0 radical (unpaired) electrons. The molecular formula is C12H15BrFNO2. The number of aryl methyl sites for hydroxylation is 1. The number of carboxylic acid groups (broad SMARTS) is 1. The van der Waals surface area contributed by atoms with Crippen molar-refractivity contribution in [3.8, 4) is 0 Å². The first-order valence-electron chi connectivity index (χ1n) is 5.40. The van der Waals surface area contributed by atoms with Crippen molar-refractivity contribution in [3.05, 3.63) is 33.5 Å². The summed E-state index contributed by atoms with van der Waals surface area (Å²) in [4.78, 5) is 10.5. The molecule has 0 aliphatic heterocycles. The summed E-state index contributed by atoms with van der Waals surface area (Å²) in [6, 6.07) is 2.93. The molecule has 0 heterocycles. The summed E-state index contributed by atoms with van der Waals surface area (Å²) in [5, 5.41) is 8.58. The smallest absolute Gasteiger partial charge is 0.303 e. The zero-order valence-electron chi connectivity index (χ0n) is 9.54. The second-order valence-electron chi connectivity index (χ2n) is 3.87. The quantitative estimate of drug-likeness (QED) is 0.879. The van der Waals surface area contributed by atoms with Crippen LogP contribution in [0.5, 0.6) is 0 Å². The Morgan fingerprint density at radius 2 is 2.24 bits per heavy atom. The van der Waals surface area contributed by atoms with Crippen LogP contribution in [-0.4, -0.2) is 11.1 Å². The molecule has 0 saturated heterocycles. The number of nitrogens with two attached hydrogens (primary N) is 1. The summed E-state index contributed by atoms with van der Waals surface area (Å²) in [6.45, 7) is 1.86. The van der Waals surface area contributed by atoms with E-state index in [1.54, 1.807) is 12.1 Å². The van der Waals surface area contributed by atoms with Gasteiger partial charge in [0.05, 0.1) is 4.47 Å². The monoisotopic (exact) mass is 303 g/mol. The van der Waals surface area contributed by atoms with E-state index in [1.165, 1.54) is 0 Å². The van der Waals surface area contributed by atoms with E-state index in [2.05, 4.69) is 15.9 Å². The Bertz CT molecular complexity index is 423. The van der Waals surface area contributed by atoms with Crippen molar-refractivity contribution in [2.45, 2.75) is 32.2 Å². The molecule has 0 bridgehead atoms. The molecule has 0 aliphatic rings. The number of aliphatic carboxylic acids is 1. The molecule has 5 heteroatoms. The van der Waals surface area contributed by atoms with Gasteiger partial charge in [0, 0.05) is 12.5 Å². The van der Waals surface area contributed by atoms with Gasteiger partial charge in [-0.3, -0.25) is 4.79 Å². The molecule has 1 atom stereocenters. The fourth-order valence-corrected chi connectivity index (χ4v) is 2.11. The molecule has 3 N–H and O–H groups in total. The lowest BCUT2D eigenvalue weighted by Gasteiger charge is -2.13. The molecule has 0 aromatic heterocycles. The molecule has 0 saturated carbocycles. The molecule has 17 heavy (non-hydrogen) atoms. The Hall–Kier alpha value is -0.940. The first kappa shape index (κ1) is 14.1. The third kappa shape index (κ3) is 3.78.